The Morgan fingerprint density at radius 2 is 2.15 bits per heavy atom. The van der Waals surface area contributed by atoms with Crippen LogP contribution in [0.4, 0.5) is 4.39 Å². The molecule has 1 aliphatic carbocycles. The second-order valence-corrected chi connectivity index (χ2v) is 5.04. The summed E-state index contributed by atoms with van der Waals surface area (Å²) in [6.45, 7) is 2.65. The second-order valence-electron chi connectivity index (χ2n) is 5.04. The molecule has 1 aliphatic rings. The first-order valence-electron chi connectivity index (χ1n) is 6.85. The van der Waals surface area contributed by atoms with E-state index in [9.17, 15) is 9.18 Å². The summed E-state index contributed by atoms with van der Waals surface area (Å²) in [7, 11) is 1.40. The summed E-state index contributed by atoms with van der Waals surface area (Å²) < 4.78 is 23.6. The average molecular weight is 281 g/mol. The van der Waals surface area contributed by atoms with E-state index in [0.717, 1.165) is 6.42 Å². The minimum atomic E-state index is -0.659. The van der Waals surface area contributed by atoms with Crippen molar-refractivity contribution < 1.29 is 18.7 Å². The van der Waals surface area contributed by atoms with E-state index in [1.807, 2.05) is 6.92 Å². The molecule has 4 nitrogen and oxygen atoms in total. The van der Waals surface area contributed by atoms with Crippen molar-refractivity contribution in [3.63, 3.8) is 0 Å². The Bertz CT molecular complexity index is 463. The van der Waals surface area contributed by atoms with Gasteiger partial charge >= 0.3 is 5.97 Å². The van der Waals surface area contributed by atoms with E-state index in [4.69, 9.17) is 9.47 Å². The quantitative estimate of drug-likeness (QED) is 0.841. The van der Waals surface area contributed by atoms with Crippen LogP contribution in [0.25, 0.3) is 0 Å². The molecule has 1 aromatic carbocycles. The Labute approximate surface area is 118 Å². The maximum atomic E-state index is 12.8. The van der Waals surface area contributed by atoms with Crippen LogP contribution in [-0.4, -0.2) is 31.3 Å². The van der Waals surface area contributed by atoms with Gasteiger partial charge in [-0.2, -0.15) is 0 Å². The molecule has 0 aliphatic heterocycles. The molecule has 0 bridgehead atoms. The highest BCUT2D eigenvalue weighted by atomic mass is 19.1. The van der Waals surface area contributed by atoms with Crippen LogP contribution in [0.5, 0.6) is 5.75 Å². The van der Waals surface area contributed by atoms with E-state index in [2.05, 4.69) is 5.32 Å². The van der Waals surface area contributed by atoms with Crippen molar-refractivity contribution in [2.24, 2.45) is 0 Å². The second kappa shape index (κ2) is 6.22. The number of methoxy groups -OCH3 is 1. The first-order chi connectivity index (χ1) is 9.59. The molecule has 0 heterocycles. The Morgan fingerprint density at radius 1 is 1.45 bits per heavy atom. The van der Waals surface area contributed by atoms with Gasteiger partial charge in [0.05, 0.1) is 7.11 Å². The van der Waals surface area contributed by atoms with Crippen LogP contribution in [0.2, 0.25) is 0 Å². The zero-order valence-electron chi connectivity index (χ0n) is 11.8. The van der Waals surface area contributed by atoms with Crippen LogP contribution < -0.4 is 10.1 Å². The third kappa shape index (κ3) is 3.10. The van der Waals surface area contributed by atoms with Crippen molar-refractivity contribution in [3.8, 4) is 5.75 Å². The predicted molar refractivity (Wildman–Crippen MR) is 73.1 cm³/mol. The number of likely N-dealkylation sites (N-methyl/N-ethyl adjacent to an activating group) is 1. The van der Waals surface area contributed by atoms with Crippen LogP contribution in [-0.2, 0) is 9.53 Å². The van der Waals surface area contributed by atoms with Gasteiger partial charge in [-0.1, -0.05) is 6.92 Å². The molecule has 5 heteroatoms. The number of nitrogens with one attached hydrogen (secondary N) is 1. The molecule has 0 aromatic heterocycles. The molecule has 2 rings (SSSR count). The van der Waals surface area contributed by atoms with Gasteiger partial charge in [-0.25, -0.2) is 4.39 Å². The Morgan fingerprint density at radius 3 is 2.75 bits per heavy atom. The summed E-state index contributed by atoms with van der Waals surface area (Å²) in [5.41, 5.74) is -0.659. The lowest BCUT2D eigenvalue weighted by Gasteiger charge is -2.27. The molecular formula is C15H20FNO3. The lowest BCUT2D eigenvalue weighted by molar-refractivity contribution is -0.148. The number of halogens is 1. The Hall–Kier alpha value is -1.62. The zero-order valence-corrected chi connectivity index (χ0v) is 11.8. The zero-order chi connectivity index (χ0) is 14.6. The highest BCUT2D eigenvalue weighted by Gasteiger charge is 2.46. The van der Waals surface area contributed by atoms with Gasteiger partial charge < -0.3 is 14.8 Å². The van der Waals surface area contributed by atoms with Gasteiger partial charge in [0.2, 0.25) is 0 Å². The van der Waals surface area contributed by atoms with Crippen molar-refractivity contribution >= 4 is 5.97 Å². The molecule has 0 amide bonds. The molecule has 20 heavy (non-hydrogen) atoms. The fraction of sp³-hybridized carbons (Fsp3) is 0.533. The summed E-state index contributed by atoms with van der Waals surface area (Å²) in [5, 5.41) is 3.22. The fourth-order valence-electron chi connectivity index (χ4n) is 2.76. The van der Waals surface area contributed by atoms with Crippen LogP contribution in [0, 0.1) is 5.82 Å². The molecule has 1 aromatic rings. The maximum Gasteiger partial charge on any atom is 0.326 e. The number of rotatable bonds is 5. The summed E-state index contributed by atoms with van der Waals surface area (Å²) in [6, 6.07) is 5.92. The van der Waals surface area contributed by atoms with Gasteiger partial charge in [0, 0.05) is 6.42 Å². The minimum absolute atomic E-state index is 0.0707. The monoisotopic (exact) mass is 281 g/mol. The van der Waals surface area contributed by atoms with E-state index >= 15 is 0 Å². The molecule has 110 valence electrons. The Kier molecular flexibility index (Phi) is 4.60. The number of hydrogen-bond acceptors (Lipinski definition) is 4. The molecular weight excluding hydrogens is 261 g/mol. The highest BCUT2D eigenvalue weighted by molar-refractivity contribution is 5.81. The van der Waals surface area contributed by atoms with E-state index < -0.39 is 5.54 Å². The van der Waals surface area contributed by atoms with Crippen molar-refractivity contribution in [3.05, 3.63) is 30.1 Å². The third-order valence-corrected chi connectivity index (χ3v) is 3.68. The smallest absolute Gasteiger partial charge is 0.326 e. The average Bonchev–Trinajstić information content (AvgIpc) is 2.85. The lowest BCUT2D eigenvalue weighted by atomic mass is 9.97. The van der Waals surface area contributed by atoms with Crippen LogP contribution in [0.3, 0.4) is 0 Å². The normalized spacial score (nSPS) is 25.4. The molecule has 0 radical (unpaired) electrons. The Balaban J connectivity index is 2.02. The van der Waals surface area contributed by atoms with E-state index in [0.29, 0.717) is 25.1 Å². The summed E-state index contributed by atoms with van der Waals surface area (Å²) in [6.07, 6.45) is 1.93. The van der Waals surface area contributed by atoms with Crippen LogP contribution in [0.1, 0.15) is 26.2 Å². The minimum Gasteiger partial charge on any atom is -0.490 e. The number of hydrogen-bond donors (Lipinski definition) is 1. The van der Waals surface area contributed by atoms with Gasteiger partial charge in [0.25, 0.3) is 0 Å². The van der Waals surface area contributed by atoms with Gasteiger partial charge in [0.1, 0.15) is 23.2 Å². The fourth-order valence-corrected chi connectivity index (χ4v) is 2.76. The topological polar surface area (TPSA) is 47.6 Å². The third-order valence-electron chi connectivity index (χ3n) is 3.68. The molecule has 2 unspecified atom stereocenters. The van der Waals surface area contributed by atoms with Gasteiger partial charge in [-0.3, -0.25) is 4.79 Å². The molecule has 1 fully saturated rings. The summed E-state index contributed by atoms with van der Waals surface area (Å²) in [5.74, 6) is 0.0819. The SMILES string of the molecule is CCNC1(C(=O)OC)CCC(Oc2ccc(F)cc2)C1. The first-order valence-corrected chi connectivity index (χ1v) is 6.85. The molecule has 1 saturated carbocycles. The van der Waals surface area contributed by atoms with Gasteiger partial charge in [-0.05, 0) is 43.7 Å². The van der Waals surface area contributed by atoms with Crippen molar-refractivity contribution in [1.29, 1.82) is 0 Å². The van der Waals surface area contributed by atoms with E-state index in [1.54, 1.807) is 12.1 Å². The van der Waals surface area contributed by atoms with Crippen molar-refractivity contribution in [2.75, 3.05) is 13.7 Å². The summed E-state index contributed by atoms with van der Waals surface area (Å²) in [4.78, 5) is 12.0. The lowest BCUT2D eigenvalue weighted by Crippen LogP contribution is -2.51. The number of carbonyl (C=O) groups excluding carboxylic acids is 1. The van der Waals surface area contributed by atoms with E-state index in [-0.39, 0.29) is 17.9 Å². The number of benzene rings is 1. The molecule has 2 atom stereocenters. The standard InChI is InChI=1S/C15H20FNO3/c1-3-17-15(14(18)19-2)9-8-13(10-15)20-12-6-4-11(16)5-7-12/h4-7,13,17H,3,8-10H2,1-2H3. The number of ether oxygens (including phenoxy) is 2. The first kappa shape index (κ1) is 14.8. The van der Waals surface area contributed by atoms with Crippen LogP contribution >= 0.6 is 0 Å². The predicted octanol–water partition coefficient (Wildman–Crippen LogP) is 2.28. The molecule has 0 spiro atoms. The van der Waals surface area contributed by atoms with Crippen molar-refractivity contribution in [1.82, 2.24) is 5.32 Å². The van der Waals surface area contributed by atoms with Crippen LogP contribution in [0.15, 0.2) is 24.3 Å². The van der Waals surface area contributed by atoms with Gasteiger partial charge in [-0.15, -0.1) is 0 Å². The largest absolute Gasteiger partial charge is 0.490 e. The summed E-state index contributed by atoms with van der Waals surface area (Å²) >= 11 is 0. The number of carbonyl (C=O) groups is 1. The maximum absolute atomic E-state index is 12.8. The molecule has 1 N–H and O–H groups in total. The van der Waals surface area contributed by atoms with Crippen molar-refractivity contribution in [2.45, 2.75) is 37.8 Å². The number of esters is 1. The van der Waals surface area contributed by atoms with Gasteiger partial charge in [0.15, 0.2) is 0 Å². The highest BCUT2D eigenvalue weighted by Crippen LogP contribution is 2.33. The van der Waals surface area contributed by atoms with E-state index in [1.165, 1.54) is 19.2 Å². The molecule has 0 saturated heterocycles.